The molecule has 0 bridgehead atoms. The summed E-state index contributed by atoms with van der Waals surface area (Å²) in [6.07, 6.45) is 0.181. The first kappa shape index (κ1) is 26.4. The highest BCUT2D eigenvalue weighted by molar-refractivity contribution is 7.81. The molecule has 1 spiro atoms. The van der Waals surface area contributed by atoms with E-state index in [-0.39, 0.29) is 22.8 Å². The van der Waals surface area contributed by atoms with Crippen molar-refractivity contribution in [3.63, 3.8) is 0 Å². The van der Waals surface area contributed by atoms with Crippen molar-refractivity contribution in [1.29, 1.82) is 5.26 Å². The van der Waals surface area contributed by atoms with Gasteiger partial charge in [-0.3, -0.25) is 9.69 Å². The van der Waals surface area contributed by atoms with Crippen LogP contribution in [-0.2, 0) is 11.0 Å². The van der Waals surface area contributed by atoms with Crippen molar-refractivity contribution < 1.29 is 22.7 Å². The Hall–Kier alpha value is -3.23. The number of likely N-dealkylation sites (tertiary alicyclic amines) is 1. The zero-order valence-electron chi connectivity index (χ0n) is 21.2. The number of benzene rings is 1. The van der Waals surface area contributed by atoms with E-state index in [1.165, 1.54) is 6.07 Å². The minimum atomic E-state index is -4.80. The van der Waals surface area contributed by atoms with Gasteiger partial charge in [-0.05, 0) is 88.5 Å². The van der Waals surface area contributed by atoms with E-state index in [4.69, 9.17) is 22.2 Å². The lowest BCUT2D eigenvalue weighted by atomic mass is 9.75. The molecule has 1 aromatic carbocycles. The maximum atomic E-state index is 13.6. The molecule has 0 atom stereocenters. The van der Waals surface area contributed by atoms with E-state index in [1.54, 1.807) is 4.90 Å². The standard InChI is InChI=1S/C27H28F3N5O2S/c1-17(2)33-12-8-21(9-13-33)37-20-6-4-18(5-7-20)35-25(38)34(24(36)26(35)10-3-11-26)19-14-22(27(28,29)30)23(15-31)32-16-19/h4-7,14,16-17,21H,3,8-13H2,1-2H3. The van der Waals surface area contributed by atoms with Gasteiger partial charge in [0.1, 0.15) is 23.5 Å². The van der Waals surface area contributed by atoms with Gasteiger partial charge in [0.25, 0.3) is 5.91 Å². The molecule has 5 rings (SSSR count). The van der Waals surface area contributed by atoms with Gasteiger partial charge in [-0.25, -0.2) is 4.98 Å². The second-order valence-electron chi connectivity index (χ2n) is 10.3. The Morgan fingerprint density at radius 1 is 1.16 bits per heavy atom. The van der Waals surface area contributed by atoms with E-state index in [1.807, 2.05) is 24.3 Å². The number of pyridine rings is 1. The van der Waals surface area contributed by atoms with Gasteiger partial charge in [0.15, 0.2) is 10.8 Å². The van der Waals surface area contributed by atoms with Crippen molar-refractivity contribution in [1.82, 2.24) is 9.88 Å². The lowest BCUT2D eigenvalue weighted by Crippen LogP contribution is -2.55. The van der Waals surface area contributed by atoms with Crippen LogP contribution in [0, 0.1) is 11.3 Å². The summed E-state index contributed by atoms with van der Waals surface area (Å²) in [7, 11) is 0. The van der Waals surface area contributed by atoms with Gasteiger partial charge >= 0.3 is 6.18 Å². The number of piperidine rings is 1. The molecule has 1 aliphatic carbocycles. The molecule has 0 unspecified atom stereocenters. The molecular weight excluding hydrogens is 515 g/mol. The molecule has 2 saturated heterocycles. The third-order valence-electron chi connectivity index (χ3n) is 7.74. The number of hydrogen-bond acceptors (Lipinski definition) is 6. The highest BCUT2D eigenvalue weighted by Crippen LogP contribution is 2.48. The smallest absolute Gasteiger partial charge is 0.419 e. The van der Waals surface area contributed by atoms with Crippen LogP contribution < -0.4 is 14.5 Å². The number of halogens is 3. The zero-order chi connectivity index (χ0) is 27.2. The van der Waals surface area contributed by atoms with Gasteiger partial charge in [0, 0.05) is 24.8 Å². The third kappa shape index (κ3) is 4.50. The fraction of sp³-hybridized carbons (Fsp3) is 0.481. The first-order valence-corrected chi connectivity index (χ1v) is 13.1. The van der Waals surface area contributed by atoms with E-state index in [9.17, 15) is 18.0 Å². The van der Waals surface area contributed by atoms with Crippen LogP contribution in [-0.4, -0.2) is 51.7 Å². The molecule has 3 heterocycles. The van der Waals surface area contributed by atoms with Gasteiger partial charge in [-0.15, -0.1) is 0 Å². The summed E-state index contributed by atoms with van der Waals surface area (Å²) in [5.74, 6) is 0.337. The maximum absolute atomic E-state index is 13.6. The van der Waals surface area contributed by atoms with Gasteiger partial charge < -0.3 is 14.5 Å². The van der Waals surface area contributed by atoms with Crippen molar-refractivity contribution in [3.8, 4) is 11.8 Å². The summed E-state index contributed by atoms with van der Waals surface area (Å²) >= 11 is 5.67. The molecule has 11 heteroatoms. The second kappa shape index (κ2) is 9.82. The van der Waals surface area contributed by atoms with Crippen LogP contribution in [0.25, 0.3) is 0 Å². The molecule has 1 saturated carbocycles. The molecule has 7 nitrogen and oxygen atoms in total. The van der Waals surface area contributed by atoms with Crippen LogP contribution in [0.2, 0.25) is 0 Å². The van der Waals surface area contributed by atoms with E-state index in [2.05, 4.69) is 23.7 Å². The number of nitrogens with zero attached hydrogens (tertiary/aromatic N) is 5. The Kier molecular flexibility index (Phi) is 6.82. The van der Waals surface area contributed by atoms with Crippen LogP contribution in [0.4, 0.5) is 24.5 Å². The Balaban J connectivity index is 1.39. The zero-order valence-corrected chi connectivity index (χ0v) is 22.0. The average Bonchev–Trinajstić information content (AvgIpc) is 3.10. The monoisotopic (exact) mass is 543 g/mol. The normalized spacial score (nSPS) is 20.2. The summed E-state index contributed by atoms with van der Waals surface area (Å²) in [5.41, 5.74) is -2.33. The molecule has 3 aliphatic rings. The van der Waals surface area contributed by atoms with Crippen molar-refractivity contribution in [3.05, 3.63) is 47.8 Å². The van der Waals surface area contributed by atoms with Gasteiger partial charge in [-0.1, -0.05) is 0 Å². The molecule has 3 fully saturated rings. The quantitative estimate of drug-likeness (QED) is 0.475. The number of anilines is 2. The molecule has 2 aromatic rings. The number of rotatable bonds is 5. The predicted octanol–water partition coefficient (Wildman–Crippen LogP) is 5.28. The largest absolute Gasteiger partial charge is 0.490 e. The number of carbonyl (C=O) groups is 1. The third-order valence-corrected chi connectivity index (χ3v) is 8.10. The summed E-state index contributed by atoms with van der Waals surface area (Å²) in [6, 6.07) is 10.1. The van der Waals surface area contributed by atoms with Crippen LogP contribution in [0.15, 0.2) is 36.5 Å². The fourth-order valence-electron chi connectivity index (χ4n) is 5.47. The maximum Gasteiger partial charge on any atom is 0.419 e. The summed E-state index contributed by atoms with van der Waals surface area (Å²) in [5, 5.41) is 9.17. The van der Waals surface area contributed by atoms with Gasteiger partial charge in [-0.2, -0.15) is 18.4 Å². The molecule has 38 heavy (non-hydrogen) atoms. The Morgan fingerprint density at radius 2 is 1.82 bits per heavy atom. The van der Waals surface area contributed by atoms with Gasteiger partial charge in [0.2, 0.25) is 0 Å². The lowest BCUT2D eigenvalue weighted by Gasteiger charge is -2.43. The van der Waals surface area contributed by atoms with Crippen molar-refractivity contribution in [2.75, 3.05) is 22.9 Å². The van der Waals surface area contributed by atoms with Crippen LogP contribution >= 0.6 is 12.2 Å². The number of alkyl halides is 3. The van der Waals surface area contributed by atoms with Crippen molar-refractivity contribution in [2.45, 2.75) is 69.8 Å². The minimum absolute atomic E-state index is 0.0871. The molecule has 0 N–H and O–H groups in total. The van der Waals surface area contributed by atoms with E-state index >= 15 is 0 Å². The minimum Gasteiger partial charge on any atom is -0.490 e. The SMILES string of the molecule is CC(C)N1CCC(Oc2ccc(N3C(=S)N(c4cnc(C#N)c(C(F)(F)F)c4)C(=O)C34CCC4)cc2)CC1. The van der Waals surface area contributed by atoms with Crippen molar-refractivity contribution in [2.24, 2.45) is 0 Å². The predicted molar refractivity (Wildman–Crippen MR) is 140 cm³/mol. The first-order chi connectivity index (χ1) is 18.0. The number of aromatic nitrogens is 1. The van der Waals surface area contributed by atoms with E-state index < -0.39 is 23.0 Å². The molecule has 1 aromatic heterocycles. The first-order valence-electron chi connectivity index (χ1n) is 12.7. The number of carbonyl (C=O) groups excluding carboxylic acids is 1. The van der Waals surface area contributed by atoms with Crippen molar-refractivity contribution >= 4 is 34.6 Å². The summed E-state index contributed by atoms with van der Waals surface area (Å²) < 4.78 is 46.9. The van der Waals surface area contributed by atoms with Crippen LogP contribution in [0.1, 0.15) is 57.2 Å². The number of amides is 1. The Bertz CT molecular complexity index is 1280. The molecular formula is C27H28F3N5O2S. The van der Waals surface area contributed by atoms with E-state index in [0.29, 0.717) is 24.6 Å². The second-order valence-corrected chi connectivity index (χ2v) is 10.6. The topological polar surface area (TPSA) is 72.7 Å². The summed E-state index contributed by atoms with van der Waals surface area (Å²) in [4.78, 5) is 22.6. The Morgan fingerprint density at radius 3 is 2.34 bits per heavy atom. The molecule has 2 aliphatic heterocycles. The number of nitriles is 1. The highest BCUT2D eigenvalue weighted by atomic mass is 32.1. The molecule has 0 radical (unpaired) electrons. The van der Waals surface area contributed by atoms with E-state index in [0.717, 1.165) is 55.3 Å². The molecule has 200 valence electrons. The number of thiocarbonyl (C=S) groups is 1. The summed E-state index contributed by atoms with van der Waals surface area (Å²) in [6.45, 7) is 6.36. The highest BCUT2D eigenvalue weighted by Gasteiger charge is 2.59. The Labute approximate surface area is 224 Å². The van der Waals surface area contributed by atoms with Gasteiger partial charge in [0.05, 0.1) is 17.4 Å². The average molecular weight is 544 g/mol. The fourth-order valence-corrected chi connectivity index (χ4v) is 5.93. The lowest BCUT2D eigenvalue weighted by molar-refractivity contribution is -0.138. The van der Waals surface area contributed by atoms with Crippen LogP contribution in [0.3, 0.4) is 0 Å². The van der Waals surface area contributed by atoms with Crippen LogP contribution in [0.5, 0.6) is 5.75 Å². The number of hydrogen-bond donors (Lipinski definition) is 0. The number of ether oxygens (including phenoxy) is 1. The molecule has 1 amide bonds.